The van der Waals surface area contributed by atoms with E-state index in [2.05, 4.69) is 44.0 Å². The number of carbonyl (C=O) groups is 1. The zero-order valence-corrected chi connectivity index (χ0v) is 16.5. The van der Waals surface area contributed by atoms with E-state index in [1.807, 2.05) is 4.90 Å². The van der Waals surface area contributed by atoms with Crippen LogP contribution in [-0.4, -0.2) is 48.5 Å². The van der Waals surface area contributed by atoms with Crippen LogP contribution in [0.25, 0.3) is 0 Å². The summed E-state index contributed by atoms with van der Waals surface area (Å²) >= 11 is 0. The minimum Gasteiger partial charge on any atom is -0.412 e. The molecular formula is C17H29N3O3Si. The number of rotatable bonds is 4. The van der Waals surface area contributed by atoms with E-state index < -0.39 is 8.32 Å². The van der Waals surface area contributed by atoms with Crippen LogP contribution in [0.15, 0.2) is 4.52 Å². The molecule has 134 valence electrons. The number of nitrogens with zero attached hydrogens (tertiary/aromatic N) is 3. The van der Waals surface area contributed by atoms with E-state index in [0.29, 0.717) is 18.3 Å². The van der Waals surface area contributed by atoms with Gasteiger partial charge in [0.05, 0.1) is 6.10 Å². The van der Waals surface area contributed by atoms with Crippen LogP contribution >= 0.6 is 0 Å². The van der Waals surface area contributed by atoms with Crippen molar-refractivity contribution in [3.05, 3.63) is 11.7 Å². The lowest BCUT2D eigenvalue weighted by Gasteiger charge is -2.42. The van der Waals surface area contributed by atoms with Crippen LogP contribution in [-0.2, 0) is 4.43 Å². The highest BCUT2D eigenvalue weighted by Gasteiger charge is 2.40. The second-order valence-corrected chi connectivity index (χ2v) is 13.4. The first-order valence-electron chi connectivity index (χ1n) is 8.98. The SMILES string of the molecule is CC(C)(C)[Si](C)(C)OC1CCCN(C(=O)c2nc(C3CC3)no2)C1. The van der Waals surface area contributed by atoms with E-state index >= 15 is 0 Å². The molecule has 1 aliphatic carbocycles. The molecule has 7 heteroatoms. The van der Waals surface area contributed by atoms with Gasteiger partial charge in [0.2, 0.25) is 0 Å². The smallest absolute Gasteiger partial charge is 0.316 e. The summed E-state index contributed by atoms with van der Waals surface area (Å²) in [4.78, 5) is 18.7. The maximum atomic E-state index is 12.6. The van der Waals surface area contributed by atoms with Crippen LogP contribution in [0.5, 0.6) is 0 Å². The van der Waals surface area contributed by atoms with Crippen molar-refractivity contribution in [1.29, 1.82) is 0 Å². The normalized spacial score (nSPS) is 22.7. The minimum absolute atomic E-state index is 0.106. The van der Waals surface area contributed by atoms with Gasteiger partial charge in [-0.15, -0.1) is 0 Å². The maximum Gasteiger partial charge on any atom is 0.316 e. The molecule has 0 spiro atoms. The van der Waals surface area contributed by atoms with E-state index in [4.69, 9.17) is 8.95 Å². The topological polar surface area (TPSA) is 68.5 Å². The van der Waals surface area contributed by atoms with Gasteiger partial charge in [-0.05, 0) is 43.8 Å². The average Bonchev–Trinajstić information content (AvgIpc) is 3.23. The predicted octanol–water partition coefficient (Wildman–Crippen LogP) is 3.57. The van der Waals surface area contributed by atoms with E-state index in [-0.39, 0.29) is 22.9 Å². The Balaban J connectivity index is 1.63. The fourth-order valence-electron chi connectivity index (χ4n) is 2.78. The Morgan fingerprint density at radius 2 is 2.00 bits per heavy atom. The molecule has 24 heavy (non-hydrogen) atoms. The fourth-order valence-corrected chi connectivity index (χ4v) is 4.16. The molecule has 0 bridgehead atoms. The van der Waals surface area contributed by atoms with Crippen LogP contribution in [0, 0.1) is 0 Å². The van der Waals surface area contributed by atoms with Crippen molar-refractivity contribution in [2.45, 2.75) is 76.6 Å². The molecule has 1 amide bonds. The standard InChI is InChI=1S/C17H29N3O3Si/c1-17(2,3)24(4,5)23-13-7-6-10-20(11-13)16(21)15-18-14(19-22-15)12-8-9-12/h12-13H,6-11H2,1-5H3. The Morgan fingerprint density at radius 1 is 1.29 bits per heavy atom. The van der Waals surface area contributed by atoms with Crippen LogP contribution in [0.1, 0.15) is 68.9 Å². The third-order valence-electron chi connectivity index (χ3n) is 5.50. The number of aromatic nitrogens is 2. The molecule has 3 rings (SSSR count). The molecule has 0 N–H and O–H groups in total. The molecule has 0 radical (unpaired) electrons. The fraction of sp³-hybridized carbons (Fsp3) is 0.824. The van der Waals surface area contributed by atoms with Crippen molar-refractivity contribution in [2.75, 3.05) is 13.1 Å². The highest BCUT2D eigenvalue weighted by atomic mass is 28.4. The molecule has 1 unspecified atom stereocenters. The summed E-state index contributed by atoms with van der Waals surface area (Å²) in [5.74, 6) is 1.05. The number of hydrogen-bond donors (Lipinski definition) is 0. The second-order valence-electron chi connectivity index (χ2n) is 8.63. The minimum atomic E-state index is -1.83. The largest absolute Gasteiger partial charge is 0.412 e. The number of amides is 1. The Labute approximate surface area is 145 Å². The van der Waals surface area contributed by atoms with Crippen LogP contribution in [0.4, 0.5) is 0 Å². The number of likely N-dealkylation sites (tertiary alicyclic amines) is 1. The molecule has 1 saturated heterocycles. The van der Waals surface area contributed by atoms with Crippen molar-refractivity contribution >= 4 is 14.2 Å². The van der Waals surface area contributed by atoms with Gasteiger partial charge >= 0.3 is 11.8 Å². The van der Waals surface area contributed by atoms with Gasteiger partial charge in [0, 0.05) is 19.0 Å². The summed E-state index contributed by atoms with van der Waals surface area (Å²) in [7, 11) is -1.83. The Kier molecular flexibility index (Phi) is 4.59. The summed E-state index contributed by atoms with van der Waals surface area (Å²) in [5, 5.41) is 4.12. The van der Waals surface area contributed by atoms with Crippen molar-refractivity contribution in [3.8, 4) is 0 Å². The lowest BCUT2D eigenvalue weighted by atomic mass is 10.1. The van der Waals surface area contributed by atoms with E-state index in [0.717, 1.165) is 32.2 Å². The molecule has 1 atom stereocenters. The zero-order chi connectivity index (χ0) is 17.5. The Morgan fingerprint density at radius 3 is 2.62 bits per heavy atom. The van der Waals surface area contributed by atoms with Crippen molar-refractivity contribution in [1.82, 2.24) is 15.0 Å². The van der Waals surface area contributed by atoms with Gasteiger partial charge in [0.1, 0.15) is 0 Å². The molecule has 1 aromatic heterocycles. The molecule has 2 heterocycles. The number of carbonyl (C=O) groups excluding carboxylic acids is 1. The molecule has 2 aliphatic rings. The first-order chi connectivity index (χ1) is 11.2. The molecule has 1 aliphatic heterocycles. The van der Waals surface area contributed by atoms with E-state index in [9.17, 15) is 4.79 Å². The Hall–Kier alpha value is -1.21. The quantitative estimate of drug-likeness (QED) is 0.776. The van der Waals surface area contributed by atoms with Crippen molar-refractivity contribution < 1.29 is 13.7 Å². The molecule has 1 saturated carbocycles. The lowest BCUT2D eigenvalue weighted by molar-refractivity contribution is 0.0464. The first-order valence-corrected chi connectivity index (χ1v) is 11.9. The summed E-state index contributed by atoms with van der Waals surface area (Å²) in [5.41, 5.74) is 0. The first kappa shape index (κ1) is 17.6. The summed E-state index contributed by atoms with van der Waals surface area (Å²) in [6.07, 6.45) is 4.26. The highest BCUT2D eigenvalue weighted by Crippen LogP contribution is 2.39. The summed E-state index contributed by atoms with van der Waals surface area (Å²) in [6.45, 7) is 12.6. The van der Waals surface area contributed by atoms with Gasteiger partial charge in [0.15, 0.2) is 14.1 Å². The van der Waals surface area contributed by atoms with Gasteiger partial charge in [-0.25, -0.2) is 0 Å². The van der Waals surface area contributed by atoms with Gasteiger partial charge in [0.25, 0.3) is 0 Å². The third kappa shape index (κ3) is 3.72. The average molecular weight is 352 g/mol. The maximum absolute atomic E-state index is 12.6. The van der Waals surface area contributed by atoms with Gasteiger partial charge in [-0.2, -0.15) is 4.98 Å². The van der Waals surface area contributed by atoms with Crippen LogP contribution in [0.2, 0.25) is 18.1 Å². The van der Waals surface area contributed by atoms with Crippen LogP contribution < -0.4 is 0 Å². The van der Waals surface area contributed by atoms with E-state index in [1.165, 1.54) is 0 Å². The monoisotopic (exact) mass is 351 g/mol. The van der Waals surface area contributed by atoms with Gasteiger partial charge in [-0.1, -0.05) is 25.9 Å². The highest BCUT2D eigenvalue weighted by molar-refractivity contribution is 6.74. The molecular weight excluding hydrogens is 322 g/mol. The predicted molar refractivity (Wildman–Crippen MR) is 93.5 cm³/mol. The molecule has 6 nitrogen and oxygen atoms in total. The molecule has 2 fully saturated rings. The lowest BCUT2D eigenvalue weighted by Crippen LogP contribution is -2.50. The van der Waals surface area contributed by atoms with E-state index in [1.54, 1.807) is 0 Å². The molecule has 1 aromatic rings. The van der Waals surface area contributed by atoms with Crippen molar-refractivity contribution in [3.63, 3.8) is 0 Å². The summed E-state index contributed by atoms with van der Waals surface area (Å²) in [6, 6.07) is 0. The number of hydrogen-bond acceptors (Lipinski definition) is 5. The Bertz CT molecular complexity index is 604. The van der Waals surface area contributed by atoms with Crippen LogP contribution in [0.3, 0.4) is 0 Å². The number of piperidine rings is 1. The van der Waals surface area contributed by atoms with Gasteiger partial charge in [-0.3, -0.25) is 4.79 Å². The molecule has 0 aromatic carbocycles. The van der Waals surface area contributed by atoms with Gasteiger partial charge < -0.3 is 13.8 Å². The third-order valence-corrected chi connectivity index (χ3v) is 10.0. The second kappa shape index (κ2) is 6.26. The summed E-state index contributed by atoms with van der Waals surface area (Å²) < 4.78 is 11.7. The van der Waals surface area contributed by atoms with Crippen molar-refractivity contribution in [2.24, 2.45) is 0 Å². The zero-order valence-electron chi connectivity index (χ0n) is 15.5.